The molecule has 1 aromatic heterocycles. The van der Waals surface area contributed by atoms with Crippen molar-refractivity contribution in [3.05, 3.63) is 47.9 Å². The van der Waals surface area contributed by atoms with Crippen LogP contribution in [-0.2, 0) is 6.54 Å². The summed E-state index contributed by atoms with van der Waals surface area (Å²) in [6.45, 7) is 5.42. The predicted molar refractivity (Wildman–Crippen MR) is 114 cm³/mol. The van der Waals surface area contributed by atoms with E-state index in [-0.39, 0.29) is 6.03 Å². The molecule has 1 aliphatic heterocycles. The van der Waals surface area contributed by atoms with E-state index in [0.717, 1.165) is 29.8 Å². The molecule has 0 atom stereocenters. The summed E-state index contributed by atoms with van der Waals surface area (Å²) in [6, 6.07) is 11.2. The van der Waals surface area contributed by atoms with Crippen LogP contribution in [0.1, 0.15) is 11.5 Å². The Kier molecular flexibility index (Phi) is 5.76. The number of oxazole rings is 1. The molecule has 2 aromatic carbocycles. The van der Waals surface area contributed by atoms with Gasteiger partial charge in [-0.1, -0.05) is 6.07 Å². The quantitative estimate of drug-likeness (QED) is 0.693. The zero-order valence-corrected chi connectivity index (χ0v) is 17.5. The third-order valence-corrected chi connectivity index (χ3v) is 5.25. The van der Waals surface area contributed by atoms with Crippen LogP contribution >= 0.6 is 0 Å². The zero-order chi connectivity index (χ0) is 21.1. The van der Waals surface area contributed by atoms with Crippen molar-refractivity contribution in [2.24, 2.45) is 0 Å². The van der Waals surface area contributed by atoms with Crippen molar-refractivity contribution < 1.29 is 18.7 Å². The van der Waals surface area contributed by atoms with Crippen molar-refractivity contribution in [2.75, 3.05) is 45.7 Å². The van der Waals surface area contributed by atoms with Crippen LogP contribution in [0.4, 0.5) is 10.5 Å². The first-order chi connectivity index (χ1) is 14.6. The highest BCUT2D eigenvalue weighted by Gasteiger charge is 2.23. The summed E-state index contributed by atoms with van der Waals surface area (Å²) in [5.41, 5.74) is 3.44. The molecule has 0 bridgehead atoms. The highest BCUT2D eigenvalue weighted by molar-refractivity contribution is 5.91. The second kappa shape index (κ2) is 8.62. The first-order valence-electron chi connectivity index (χ1n) is 9.92. The fourth-order valence-corrected chi connectivity index (χ4v) is 3.56. The molecule has 1 N–H and O–H groups in total. The number of aromatic nitrogens is 1. The van der Waals surface area contributed by atoms with Gasteiger partial charge < -0.3 is 24.1 Å². The summed E-state index contributed by atoms with van der Waals surface area (Å²) in [4.78, 5) is 21.3. The summed E-state index contributed by atoms with van der Waals surface area (Å²) in [7, 11) is 3.16. The minimum atomic E-state index is -0.154. The smallest absolute Gasteiger partial charge is 0.322 e. The lowest BCUT2D eigenvalue weighted by atomic mass is 10.2. The van der Waals surface area contributed by atoms with Crippen LogP contribution in [0.5, 0.6) is 11.5 Å². The lowest BCUT2D eigenvalue weighted by molar-refractivity contribution is 0.136. The molecule has 8 heteroatoms. The zero-order valence-electron chi connectivity index (χ0n) is 17.5. The number of amides is 2. The molecule has 1 fully saturated rings. The second-order valence-electron chi connectivity index (χ2n) is 7.34. The Morgan fingerprint density at radius 2 is 1.90 bits per heavy atom. The molecule has 2 heterocycles. The fourth-order valence-electron chi connectivity index (χ4n) is 3.56. The highest BCUT2D eigenvalue weighted by atomic mass is 16.5. The Morgan fingerprint density at radius 3 is 2.63 bits per heavy atom. The lowest BCUT2D eigenvalue weighted by Crippen LogP contribution is -2.49. The van der Waals surface area contributed by atoms with E-state index in [2.05, 4.69) is 15.2 Å². The van der Waals surface area contributed by atoms with Crippen molar-refractivity contribution in [2.45, 2.75) is 13.5 Å². The number of piperazine rings is 1. The molecule has 8 nitrogen and oxygen atoms in total. The molecule has 0 aliphatic carbocycles. The number of anilines is 1. The van der Waals surface area contributed by atoms with Gasteiger partial charge in [-0.15, -0.1) is 0 Å². The van der Waals surface area contributed by atoms with Gasteiger partial charge in [0.15, 0.2) is 5.58 Å². The number of hydrogen-bond donors (Lipinski definition) is 1. The summed E-state index contributed by atoms with van der Waals surface area (Å²) in [6.07, 6.45) is 0. The average molecular weight is 410 g/mol. The van der Waals surface area contributed by atoms with Gasteiger partial charge in [0.1, 0.15) is 17.0 Å². The van der Waals surface area contributed by atoms with Gasteiger partial charge in [0.2, 0.25) is 5.89 Å². The number of carbonyl (C=O) groups is 1. The average Bonchev–Trinajstić information content (AvgIpc) is 3.15. The third-order valence-electron chi connectivity index (χ3n) is 5.25. The maximum atomic E-state index is 12.7. The number of carbonyl (C=O) groups excluding carboxylic acids is 1. The van der Waals surface area contributed by atoms with Crippen LogP contribution in [0.3, 0.4) is 0 Å². The number of nitrogens with one attached hydrogen (secondary N) is 1. The Labute approximate surface area is 175 Å². The van der Waals surface area contributed by atoms with E-state index in [1.165, 1.54) is 0 Å². The van der Waals surface area contributed by atoms with E-state index in [1.54, 1.807) is 37.3 Å². The number of hydrogen-bond acceptors (Lipinski definition) is 6. The van der Waals surface area contributed by atoms with Gasteiger partial charge in [-0.2, -0.15) is 0 Å². The number of urea groups is 1. The van der Waals surface area contributed by atoms with Crippen molar-refractivity contribution in [1.29, 1.82) is 0 Å². The highest BCUT2D eigenvalue weighted by Crippen LogP contribution is 2.29. The number of rotatable bonds is 5. The molecule has 158 valence electrons. The number of fused-ring (bicyclic) bond motifs is 1. The van der Waals surface area contributed by atoms with Crippen LogP contribution in [0, 0.1) is 6.92 Å². The molecule has 2 amide bonds. The Hall–Kier alpha value is -3.26. The van der Waals surface area contributed by atoms with Crippen molar-refractivity contribution >= 4 is 22.8 Å². The molecule has 3 aromatic rings. The van der Waals surface area contributed by atoms with Gasteiger partial charge in [-0.3, -0.25) is 4.90 Å². The number of methoxy groups -OCH3 is 2. The normalized spacial score (nSPS) is 14.7. The number of nitrogens with zero attached hydrogens (tertiary/aromatic N) is 3. The van der Waals surface area contributed by atoms with E-state index in [4.69, 9.17) is 13.9 Å². The summed E-state index contributed by atoms with van der Waals surface area (Å²) < 4.78 is 16.4. The second-order valence-corrected chi connectivity index (χ2v) is 7.34. The maximum Gasteiger partial charge on any atom is 0.322 e. The van der Waals surface area contributed by atoms with Crippen LogP contribution in [0.15, 0.2) is 40.8 Å². The van der Waals surface area contributed by atoms with E-state index in [0.29, 0.717) is 42.7 Å². The van der Waals surface area contributed by atoms with Crippen molar-refractivity contribution in [3.63, 3.8) is 0 Å². The van der Waals surface area contributed by atoms with Gasteiger partial charge in [0.05, 0.1) is 26.5 Å². The molecule has 4 rings (SSSR count). The van der Waals surface area contributed by atoms with E-state index < -0.39 is 0 Å². The van der Waals surface area contributed by atoms with E-state index in [1.807, 2.05) is 25.1 Å². The molecule has 0 radical (unpaired) electrons. The molecule has 0 spiro atoms. The molecule has 1 aliphatic rings. The van der Waals surface area contributed by atoms with Gasteiger partial charge in [0.25, 0.3) is 0 Å². The van der Waals surface area contributed by atoms with Gasteiger partial charge in [-0.05, 0) is 36.8 Å². The summed E-state index contributed by atoms with van der Waals surface area (Å²) in [5, 5.41) is 2.93. The van der Waals surface area contributed by atoms with Gasteiger partial charge >= 0.3 is 6.03 Å². The number of benzene rings is 2. The van der Waals surface area contributed by atoms with E-state index >= 15 is 0 Å². The Bertz CT molecular complexity index is 1040. The summed E-state index contributed by atoms with van der Waals surface area (Å²) in [5.74, 6) is 1.95. The SMILES string of the molecule is COc1ccc(OC)c(NC(=O)N2CCN(Cc3nc4cc(C)ccc4o3)CC2)c1. The molecular weight excluding hydrogens is 384 g/mol. The first kappa shape index (κ1) is 20.0. The van der Waals surface area contributed by atoms with E-state index in [9.17, 15) is 4.79 Å². The molecule has 30 heavy (non-hydrogen) atoms. The molecule has 0 saturated carbocycles. The predicted octanol–water partition coefficient (Wildman–Crippen LogP) is 3.50. The van der Waals surface area contributed by atoms with Crippen LogP contribution in [0.2, 0.25) is 0 Å². The maximum absolute atomic E-state index is 12.7. The van der Waals surface area contributed by atoms with Gasteiger partial charge in [-0.25, -0.2) is 9.78 Å². The van der Waals surface area contributed by atoms with Crippen LogP contribution < -0.4 is 14.8 Å². The lowest BCUT2D eigenvalue weighted by Gasteiger charge is -2.34. The van der Waals surface area contributed by atoms with Crippen LogP contribution in [-0.4, -0.2) is 61.2 Å². The Balaban J connectivity index is 1.34. The molecule has 1 saturated heterocycles. The number of aryl methyl sites for hydroxylation is 1. The molecule has 0 unspecified atom stereocenters. The fraction of sp³-hybridized carbons (Fsp3) is 0.364. The van der Waals surface area contributed by atoms with Crippen molar-refractivity contribution in [3.8, 4) is 11.5 Å². The minimum absolute atomic E-state index is 0.154. The van der Waals surface area contributed by atoms with Crippen molar-refractivity contribution in [1.82, 2.24) is 14.8 Å². The first-order valence-corrected chi connectivity index (χ1v) is 9.92. The third kappa shape index (κ3) is 4.33. The number of ether oxygens (including phenoxy) is 2. The minimum Gasteiger partial charge on any atom is -0.497 e. The van der Waals surface area contributed by atoms with Crippen LogP contribution in [0.25, 0.3) is 11.1 Å². The van der Waals surface area contributed by atoms with Gasteiger partial charge in [0, 0.05) is 32.2 Å². The topological polar surface area (TPSA) is 80.1 Å². The molecular formula is C22H26N4O4. The largest absolute Gasteiger partial charge is 0.497 e. The Morgan fingerprint density at radius 1 is 1.10 bits per heavy atom. The monoisotopic (exact) mass is 410 g/mol. The standard InChI is InChI=1S/C22H26N4O4/c1-15-4-6-20-17(12-15)23-21(30-20)14-25-8-10-26(11-9-25)22(27)24-18-13-16(28-2)5-7-19(18)29-3/h4-7,12-13H,8-11,14H2,1-3H3,(H,24,27). The summed E-state index contributed by atoms with van der Waals surface area (Å²) >= 11 is 0.